The van der Waals surface area contributed by atoms with Gasteiger partial charge in [-0.3, -0.25) is 0 Å². The van der Waals surface area contributed by atoms with E-state index >= 15 is 0 Å². The summed E-state index contributed by atoms with van der Waals surface area (Å²) in [6, 6.07) is 6.86. The summed E-state index contributed by atoms with van der Waals surface area (Å²) in [4.78, 5) is 9.63. The van der Waals surface area contributed by atoms with Crippen LogP contribution in [0, 0.1) is 10.1 Å². The summed E-state index contributed by atoms with van der Waals surface area (Å²) in [6.45, 7) is 1.30. The van der Waals surface area contributed by atoms with Crippen LogP contribution in [0.3, 0.4) is 0 Å². The van der Waals surface area contributed by atoms with Crippen molar-refractivity contribution in [2.75, 3.05) is 5.43 Å². The standard InChI is InChI=1S/C8H8ClN3O2/c1-6(12(13)14)10-11-8-5-3-2-4-7(8)9/h2-5,11H,1H3/b10-6-. The van der Waals surface area contributed by atoms with Crippen LogP contribution in [-0.4, -0.2) is 10.8 Å². The van der Waals surface area contributed by atoms with E-state index in [1.165, 1.54) is 6.92 Å². The number of hydrazone groups is 1. The maximum absolute atomic E-state index is 10.2. The zero-order chi connectivity index (χ0) is 10.6. The number of nitrogens with zero attached hydrogens (tertiary/aromatic N) is 2. The van der Waals surface area contributed by atoms with Gasteiger partial charge < -0.3 is 10.1 Å². The van der Waals surface area contributed by atoms with E-state index in [0.717, 1.165) is 0 Å². The van der Waals surface area contributed by atoms with Crippen LogP contribution in [0.4, 0.5) is 5.69 Å². The van der Waals surface area contributed by atoms with Crippen LogP contribution in [0.2, 0.25) is 5.02 Å². The van der Waals surface area contributed by atoms with Gasteiger partial charge >= 0.3 is 5.84 Å². The van der Waals surface area contributed by atoms with Gasteiger partial charge in [0, 0.05) is 6.92 Å². The Balaban J connectivity index is 2.76. The molecule has 0 aliphatic rings. The Kier molecular flexibility index (Phi) is 3.41. The van der Waals surface area contributed by atoms with Gasteiger partial charge in [0.15, 0.2) is 0 Å². The van der Waals surface area contributed by atoms with Gasteiger partial charge in [0.2, 0.25) is 0 Å². The van der Waals surface area contributed by atoms with E-state index in [0.29, 0.717) is 10.7 Å². The fourth-order valence-corrected chi connectivity index (χ4v) is 0.912. The second kappa shape index (κ2) is 4.57. The van der Waals surface area contributed by atoms with Crippen molar-refractivity contribution >= 4 is 23.1 Å². The highest BCUT2D eigenvalue weighted by molar-refractivity contribution is 6.33. The third-order valence-electron chi connectivity index (χ3n) is 1.48. The Morgan fingerprint density at radius 2 is 2.21 bits per heavy atom. The number of halogens is 1. The molecule has 1 N–H and O–H groups in total. The molecule has 0 unspecified atom stereocenters. The number of amidine groups is 1. The third-order valence-corrected chi connectivity index (χ3v) is 1.81. The van der Waals surface area contributed by atoms with Gasteiger partial charge in [-0.05, 0) is 17.1 Å². The van der Waals surface area contributed by atoms with Crippen LogP contribution in [0.1, 0.15) is 6.92 Å². The van der Waals surface area contributed by atoms with Gasteiger partial charge in [0.25, 0.3) is 0 Å². The lowest BCUT2D eigenvalue weighted by Gasteiger charge is -1.97. The van der Waals surface area contributed by atoms with E-state index in [9.17, 15) is 10.1 Å². The van der Waals surface area contributed by atoms with Crippen LogP contribution in [-0.2, 0) is 0 Å². The summed E-state index contributed by atoms with van der Waals surface area (Å²) in [5, 5.41) is 14.2. The van der Waals surface area contributed by atoms with Crippen molar-refractivity contribution < 1.29 is 4.92 Å². The molecule has 0 saturated heterocycles. The van der Waals surface area contributed by atoms with Crippen molar-refractivity contribution in [2.45, 2.75) is 6.92 Å². The molecular weight excluding hydrogens is 206 g/mol. The number of hydrogen-bond acceptors (Lipinski definition) is 4. The summed E-state index contributed by atoms with van der Waals surface area (Å²) < 4.78 is 0. The predicted octanol–water partition coefficient (Wildman–Crippen LogP) is 2.36. The molecule has 14 heavy (non-hydrogen) atoms. The minimum Gasteiger partial charge on any atom is -0.358 e. The number of anilines is 1. The van der Waals surface area contributed by atoms with Crippen molar-refractivity contribution in [3.63, 3.8) is 0 Å². The van der Waals surface area contributed by atoms with Crippen molar-refractivity contribution in [3.05, 3.63) is 39.4 Å². The number of para-hydroxylation sites is 1. The highest BCUT2D eigenvalue weighted by Gasteiger charge is 2.04. The molecule has 0 bridgehead atoms. The van der Waals surface area contributed by atoms with E-state index in [1.54, 1.807) is 24.3 Å². The maximum atomic E-state index is 10.2. The molecule has 1 rings (SSSR count). The summed E-state index contributed by atoms with van der Waals surface area (Å²) in [6.07, 6.45) is 0. The summed E-state index contributed by atoms with van der Waals surface area (Å²) in [7, 11) is 0. The second-order valence-corrected chi connectivity index (χ2v) is 2.91. The molecule has 6 heteroatoms. The lowest BCUT2D eigenvalue weighted by molar-refractivity contribution is -0.351. The molecule has 1 aromatic carbocycles. The summed E-state index contributed by atoms with van der Waals surface area (Å²) in [5.74, 6) is -0.218. The zero-order valence-electron chi connectivity index (χ0n) is 7.40. The monoisotopic (exact) mass is 213 g/mol. The third kappa shape index (κ3) is 2.70. The summed E-state index contributed by atoms with van der Waals surface area (Å²) >= 11 is 5.79. The lowest BCUT2D eigenvalue weighted by Crippen LogP contribution is -2.08. The van der Waals surface area contributed by atoms with E-state index in [2.05, 4.69) is 10.5 Å². The van der Waals surface area contributed by atoms with Gasteiger partial charge in [-0.25, -0.2) is 0 Å². The van der Waals surface area contributed by atoms with Crippen LogP contribution in [0.15, 0.2) is 29.4 Å². The Morgan fingerprint density at radius 1 is 1.57 bits per heavy atom. The average molecular weight is 214 g/mol. The molecular formula is C8H8ClN3O2. The number of rotatable bonds is 2. The average Bonchev–Trinajstić information content (AvgIpc) is 2.16. The first kappa shape index (κ1) is 10.5. The molecule has 0 fully saturated rings. The molecule has 0 aromatic heterocycles. The lowest BCUT2D eigenvalue weighted by atomic mass is 10.3. The van der Waals surface area contributed by atoms with Crippen molar-refractivity contribution in [1.29, 1.82) is 0 Å². The predicted molar refractivity (Wildman–Crippen MR) is 55.2 cm³/mol. The van der Waals surface area contributed by atoms with Crippen LogP contribution in [0.25, 0.3) is 0 Å². The topological polar surface area (TPSA) is 67.5 Å². The van der Waals surface area contributed by atoms with Crippen molar-refractivity contribution in [3.8, 4) is 0 Å². The van der Waals surface area contributed by atoms with Gasteiger partial charge in [-0.15, -0.1) is 0 Å². The molecule has 0 atom stereocenters. The minimum absolute atomic E-state index is 0.218. The van der Waals surface area contributed by atoms with Gasteiger partial charge in [-0.2, -0.15) is 5.43 Å². The zero-order valence-corrected chi connectivity index (χ0v) is 8.15. The molecule has 0 aliphatic carbocycles. The number of nitro groups is 1. The first-order chi connectivity index (χ1) is 6.61. The van der Waals surface area contributed by atoms with E-state index in [4.69, 9.17) is 11.6 Å². The first-order valence-corrected chi connectivity index (χ1v) is 4.18. The minimum atomic E-state index is -0.580. The largest absolute Gasteiger partial charge is 0.360 e. The molecule has 1 aromatic rings. The van der Waals surface area contributed by atoms with Crippen LogP contribution < -0.4 is 5.43 Å². The molecule has 0 saturated carbocycles. The van der Waals surface area contributed by atoms with Gasteiger partial charge in [0.05, 0.1) is 15.8 Å². The molecule has 0 spiro atoms. The van der Waals surface area contributed by atoms with Crippen molar-refractivity contribution in [2.24, 2.45) is 5.10 Å². The van der Waals surface area contributed by atoms with E-state index in [1.807, 2.05) is 0 Å². The number of benzene rings is 1. The number of hydrogen-bond donors (Lipinski definition) is 1. The molecule has 5 nitrogen and oxygen atoms in total. The molecule has 0 amide bonds. The molecule has 0 heterocycles. The van der Waals surface area contributed by atoms with Crippen molar-refractivity contribution in [1.82, 2.24) is 0 Å². The normalized spacial score (nSPS) is 11.1. The fraction of sp³-hybridized carbons (Fsp3) is 0.125. The molecule has 0 radical (unpaired) electrons. The highest BCUT2D eigenvalue weighted by Crippen LogP contribution is 2.20. The smallest absolute Gasteiger partial charge is 0.358 e. The Bertz CT molecular complexity index is 379. The fourth-order valence-electron chi connectivity index (χ4n) is 0.734. The Labute approximate surface area is 85.5 Å². The Morgan fingerprint density at radius 3 is 2.79 bits per heavy atom. The van der Waals surface area contributed by atoms with Gasteiger partial charge in [-0.1, -0.05) is 23.7 Å². The van der Waals surface area contributed by atoms with E-state index in [-0.39, 0.29) is 5.84 Å². The quantitative estimate of drug-likeness (QED) is 0.355. The van der Waals surface area contributed by atoms with Gasteiger partial charge in [0.1, 0.15) is 0 Å². The SMILES string of the molecule is C/C(=N/Nc1ccccc1Cl)[N+](=O)[O-]. The van der Waals surface area contributed by atoms with E-state index < -0.39 is 4.92 Å². The molecule has 0 aliphatic heterocycles. The number of nitrogens with one attached hydrogen (secondary N) is 1. The van der Waals surface area contributed by atoms with Crippen LogP contribution in [0.5, 0.6) is 0 Å². The van der Waals surface area contributed by atoms with Crippen LogP contribution >= 0.6 is 11.6 Å². The Hall–Kier alpha value is -1.62. The highest BCUT2D eigenvalue weighted by atomic mass is 35.5. The first-order valence-electron chi connectivity index (χ1n) is 3.80. The summed E-state index contributed by atoms with van der Waals surface area (Å²) in [5.41, 5.74) is 3.05. The molecule has 74 valence electrons. The maximum Gasteiger partial charge on any atom is 0.360 e. The second-order valence-electron chi connectivity index (χ2n) is 2.51.